The van der Waals surface area contributed by atoms with Gasteiger partial charge in [0, 0.05) is 61.5 Å². The van der Waals surface area contributed by atoms with E-state index in [9.17, 15) is 44.8 Å². The molecule has 392 valence electrons. The third-order valence-electron chi connectivity index (χ3n) is 13.5. The van der Waals surface area contributed by atoms with E-state index in [4.69, 9.17) is 23.2 Å². The average Bonchev–Trinajstić information content (AvgIpc) is 3.35. The number of halogens is 4. The molecule has 18 nitrogen and oxygen atoms in total. The van der Waals surface area contributed by atoms with Gasteiger partial charge in [-0.2, -0.15) is 0 Å². The Kier molecular flexibility index (Phi) is 14.8. The summed E-state index contributed by atoms with van der Waals surface area (Å²) in [6, 6.07) is 19.4. The first-order valence-electron chi connectivity index (χ1n) is 23.5. The Morgan fingerprint density at radius 2 is 0.934 bits per heavy atom. The van der Waals surface area contributed by atoms with Crippen molar-refractivity contribution in [3.05, 3.63) is 164 Å². The molecule has 10 rings (SSSR count). The highest BCUT2D eigenvalue weighted by Gasteiger charge is 2.37. The van der Waals surface area contributed by atoms with E-state index < -0.39 is 31.7 Å². The maximum Gasteiger partial charge on any atom is 0.263 e. The fraction of sp³-hybridized carbons (Fsp3) is 0.231. The number of pyridine rings is 2. The summed E-state index contributed by atoms with van der Waals surface area (Å²) in [7, 11) is -5.07. The summed E-state index contributed by atoms with van der Waals surface area (Å²) in [5, 5.41) is 5.57. The third kappa shape index (κ3) is 10.7. The van der Waals surface area contributed by atoms with E-state index in [1.807, 2.05) is 0 Å². The number of rotatable bonds is 12. The Morgan fingerprint density at radius 3 is 1.29 bits per heavy atom. The predicted molar refractivity (Wildman–Crippen MR) is 284 cm³/mol. The number of aromatic nitrogens is 6. The monoisotopic (exact) mass is 1110 g/mol. The molecule has 0 radical (unpaired) electrons. The zero-order valence-corrected chi connectivity index (χ0v) is 44.0. The van der Waals surface area contributed by atoms with Crippen LogP contribution in [0.5, 0.6) is 0 Å². The SMILES string of the molecule is CNC(=O)C1CC(n2cnc3ccc(-c4cnc(C)c(NS(=O)(=O)c5ccc(F)cc5Cl)c4)cc3c2=O)C1.CNC(=O)C1CC(n2cnc3ccc(-c4cnc(C)c(NS(=O)(=O)c5ccc(F)cc5Cl)c4)cc3c2=O)C1. The van der Waals surface area contributed by atoms with Crippen LogP contribution < -0.4 is 31.2 Å². The Balaban J connectivity index is 0.000000186. The molecule has 0 saturated heterocycles. The molecular formula is C52H46Cl2F2N10O8S2. The highest BCUT2D eigenvalue weighted by Crippen LogP contribution is 2.39. The molecule has 4 aromatic carbocycles. The molecule has 2 fully saturated rings. The van der Waals surface area contributed by atoms with Crippen molar-refractivity contribution < 1.29 is 35.2 Å². The zero-order chi connectivity index (χ0) is 54.4. The first kappa shape index (κ1) is 53.2. The van der Waals surface area contributed by atoms with Crippen molar-refractivity contribution >= 4 is 88.2 Å². The number of anilines is 2. The Morgan fingerprint density at radius 1 is 0.553 bits per heavy atom. The normalized spacial score (nSPS) is 17.2. The molecule has 2 amide bonds. The topological polar surface area (TPSA) is 246 Å². The molecule has 0 spiro atoms. The third-order valence-corrected chi connectivity index (χ3v) is 17.2. The van der Waals surface area contributed by atoms with Crippen molar-refractivity contribution in [3.63, 3.8) is 0 Å². The largest absolute Gasteiger partial charge is 0.359 e. The maximum absolute atomic E-state index is 13.4. The number of nitrogens with one attached hydrogen (secondary N) is 4. The van der Waals surface area contributed by atoms with E-state index in [0.29, 0.717) is 81.1 Å². The van der Waals surface area contributed by atoms with Crippen molar-refractivity contribution in [2.45, 2.75) is 61.4 Å². The van der Waals surface area contributed by atoms with Crippen molar-refractivity contribution in [3.8, 4) is 22.3 Å². The molecule has 0 bridgehead atoms. The summed E-state index contributed by atoms with van der Waals surface area (Å²) in [5.74, 6) is -1.62. The second-order valence-corrected chi connectivity index (χ2v) is 22.4. The number of fused-ring (bicyclic) bond motifs is 2. The highest BCUT2D eigenvalue weighted by molar-refractivity contribution is 7.93. The Hall–Kier alpha value is -7.66. The van der Waals surface area contributed by atoms with E-state index in [-0.39, 0.29) is 78.1 Å². The number of carbonyl (C=O) groups is 2. The molecule has 8 aromatic rings. The first-order chi connectivity index (χ1) is 36.1. The van der Waals surface area contributed by atoms with Gasteiger partial charge < -0.3 is 10.6 Å². The quantitative estimate of drug-likeness (QED) is 0.0906. The van der Waals surface area contributed by atoms with Gasteiger partial charge in [-0.15, -0.1) is 0 Å². The predicted octanol–water partition coefficient (Wildman–Crippen LogP) is 8.11. The van der Waals surface area contributed by atoms with Crippen LogP contribution in [-0.4, -0.2) is 71.8 Å². The Bertz CT molecular complexity index is 3760. The number of sulfonamides is 2. The summed E-state index contributed by atoms with van der Waals surface area (Å²) < 4.78 is 86.7. The zero-order valence-electron chi connectivity index (χ0n) is 40.8. The molecule has 2 aliphatic rings. The minimum Gasteiger partial charge on any atom is -0.359 e. The maximum atomic E-state index is 13.4. The molecule has 76 heavy (non-hydrogen) atoms. The molecule has 0 unspecified atom stereocenters. The van der Waals surface area contributed by atoms with Crippen LogP contribution in [0.1, 0.15) is 49.2 Å². The molecule has 2 aliphatic carbocycles. The lowest BCUT2D eigenvalue weighted by Gasteiger charge is -2.34. The second kappa shape index (κ2) is 21.2. The first-order valence-corrected chi connectivity index (χ1v) is 27.2. The van der Waals surface area contributed by atoms with Crippen molar-refractivity contribution in [1.29, 1.82) is 0 Å². The number of hydrogen-bond acceptors (Lipinski definition) is 12. The fourth-order valence-electron chi connectivity index (χ4n) is 8.99. The van der Waals surface area contributed by atoms with Gasteiger partial charge in [-0.25, -0.2) is 35.6 Å². The van der Waals surface area contributed by atoms with E-state index >= 15 is 0 Å². The van der Waals surface area contributed by atoms with Gasteiger partial charge in [-0.3, -0.25) is 47.7 Å². The smallest absolute Gasteiger partial charge is 0.263 e. The number of nitrogens with zero attached hydrogens (tertiary/aromatic N) is 6. The van der Waals surface area contributed by atoms with Crippen LogP contribution in [0.2, 0.25) is 10.0 Å². The van der Waals surface area contributed by atoms with Crippen LogP contribution in [0, 0.1) is 37.3 Å². The van der Waals surface area contributed by atoms with Gasteiger partial charge in [0.25, 0.3) is 31.2 Å². The van der Waals surface area contributed by atoms with Crippen molar-refractivity contribution in [2.75, 3.05) is 23.5 Å². The van der Waals surface area contributed by atoms with Gasteiger partial charge in [-0.1, -0.05) is 35.3 Å². The van der Waals surface area contributed by atoms with Crippen LogP contribution in [0.3, 0.4) is 0 Å². The van der Waals surface area contributed by atoms with Gasteiger partial charge in [0.15, 0.2) is 0 Å². The highest BCUT2D eigenvalue weighted by atomic mass is 35.5. The van der Waals surface area contributed by atoms with Crippen molar-refractivity contribution in [2.24, 2.45) is 11.8 Å². The minimum absolute atomic E-state index is 0.0367. The van der Waals surface area contributed by atoms with E-state index in [1.165, 1.54) is 12.7 Å². The molecule has 0 atom stereocenters. The van der Waals surface area contributed by atoms with Crippen LogP contribution in [0.4, 0.5) is 20.2 Å². The summed E-state index contributed by atoms with van der Waals surface area (Å²) in [6.07, 6.45) is 8.44. The molecule has 4 heterocycles. The number of carbonyl (C=O) groups excluding carboxylic acids is 2. The summed E-state index contributed by atoms with van der Waals surface area (Å²) in [4.78, 5) is 67.2. The van der Waals surface area contributed by atoms with Crippen LogP contribution in [-0.2, 0) is 29.6 Å². The lowest BCUT2D eigenvalue weighted by atomic mass is 9.79. The molecular weight excluding hydrogens is 1070 g/mol. The van der Waals surface area contributed by atoms with Crippen LogP contribution in [0.15, 0.2) is 129 Å². The number of amides is 2. The molecule has 24 heteroatoms. The molecule has 4 N–H and O–H groups in total. The van der Waals surface area contributed by atoms with E-state index in [2.05, 4.69) is 40.0 Å². The number of benzene rings is 4. The summed E-state index contributed by atoms with van der Waals surface area (Å²) >= 11 is 11.9. The second-order valence-electron chi connectivity index (χ2n) is 18.3. The lowest BCUT2D eigenvalue weighted by Crippen LogP contribution is -2.41. The lowest BCUT2D eigenvalue weighted by molar-refractivity contribution is -0.129. The van der Waals surface area contributed by atoms with Gasteiger partial charge in [-0.05, 0) is 123 Å². The molecule has 2 saturated carbocycles. The van der Waals surface area contributed by atoms with Crippen LogP contribution in [0.25, 0.3) is 44.1 Å². The number of aryl methyl sites for hydroxylation is 2. The minimum atomic E-state index is -4.13. The summed E-state index contributed by atoms with van der Waals surface area (Å²) in [6.45, 7) is 3.28. The number of hydrogen-bond donors (Lipinski definition) is 4. The average molecular weight is 1110 g/mol. The van der Waals surface area contributed by atoms with Gasteiger partial charge >= 0.3 is 0 Å². The summed E-state index contributed by atoms with van der Waals surface area (Å²) in [5.41, 5.74) is 4.26. The van der Waals surface area contributed by atoms with Gasteiger partial charge in [0.2, 0.25) is 11.8 Å². The fourth-order valence-corrected chi connectivity index (χ4v) is 12.3. The standard InChI is InChI=1S/2C26H23ClFN5O4S/c2*1-14-23(32-38(36,37)24-6-4-18(28)11-21(24)27)10-17(12-30-14)15-3-5-22-20(9-15)26(35)33(13-31-22)19-7-16(8-19)25(34)29-2/h2*3-6,9-13,16,19,32H,7-8H2,1-2H3,(H,29,34). The van der Waals surface area contributed by atoms with Crippen molar-refractivity contribution in [1.82, 2.24) is 39.7 Å². The van der Waals surface area contributed by atoms with E-state index in [1.54, 1.807) is 98.0 Å². The van der Waals surface area contributed by atoms with Gasteiger partial charge in [0.05, 0.1) is 67.3 Å². The molecule has 0 aliphatic heterocycles. The Labute approximate surface area is 443 Å². The van der Waals surface area contributed by atoms with Crippen LogP contribution >= 0.6 is 23.2 Å². The molecule has 4 aromatic heterocycles. The van der Waals surface area contributed by atoms with E-state index in [0.717, 1.165) is 36.4 Å². The van der Waals surface area contributed by atoms with Gasteiger partial charge in [0.1, 0.15) is 21.4 Å².